The number of benzene rings is 1. The van der Waals surface area contributed by atoms with Crippen molar-refractivity contribution < 1.29 is 13.7 Å². The summed E-state index contributed by atoms with van der Waals surface area (Å²) in [4.78, 5) is 15.5. The molecule has 1 fully saturated rings. The molecule has 0 aliphatic carbocycles. The van der Waals surface area contributed by atoms with Crippen molar-refractivity contribution in [1.82, 2.24) is 20.1 Å². The molecule has 0 N–H and O–H groups in total. The molecule has 0 saturated carbocycles. The van der Waals surface area contributed by atoms with Crippen LogP contribution < -0.4 is 9.64 Å². The van der Waals surface area contributed by atoms with E-state index in [1.807, 2.05) is 13.0 Å². The zero-order valence-electron chi connectivity index (χ0n) is 15.1. The molecule has 0 spiro atoms. The van der Waals surface area contributed by atoms with Gasteiger partial charge < -0.3 is 14.2 Å². The predicted octanol–water partition coefficient (Wildman–Crippen LogP) is 3.41. The van der Waals surface area contributed by atoms with Gasteiger partial charge in [0.1, 0.15) is 5.82 Å². The summed E-state index contributed by atoms with van der Waals surface area (Å²) in [7, 11) is 0. The lowest BCUT2D eigenvalue weighted by Gasteiger charge is -2.16. The fraction of sp³-hybridized carbons (Fsp3) is 0.368. The molecule has 2 aromatic heterocycles. The van der Waals surface area contributed by atoms with Gasteiger partial charge in [-0.15, -0.1) is 0 Å². The van der Waals surface area contributed by atoms with Crippen molar-refractivity contribution in [2.75, 3.05) is 18.0 Å². The standard InChI is InChI=1S/C19H20FN5O2/c1-2-15-11-16(23-19(21-15)25-8-3-4-9-25)26-12-17-22-18(24-27-17)13-6-5-7-14(20)10-13/h5-7,10-11H,2-4,8-9,12H2,1H3. The molecule has 0 unspecified atom stereocenters. The highest BCUT2D eigenvalue weighted by Gasteiger charge is 2.17. The van der Waals surface area contributed by atoms with Crippen molar-refractivity contribution in [1.29, 1.82) is 0 Å². The van der Waals surface area contributed by atoms with Gasteiger partial charge in [0.25, 0.3) is 5.89 Å². The zero-order valence-corrected chi connectivity index (χ0v) is 15.1. The summed E-state index contributed by atoms with van der Waals surface area (Å²) in [5.41, 5.74) is 1.48. The number of hydrogen-bond donors (Lipinski definition) is 0. The second-order valence-electron chi connectivity index (χ2n) is 6.36. The van der Waals surface area contributed by atoms with Gasteiger partial charge in [-0.2, -0.15) is 9.97 Å². The highest BCUT2D eigenvalue weighted by atomic mass is 19.1. The number of rotatable bonds is 6. The molecule has 3 aromatic rings. The van der Waals surface area contributed by atoms with Crippen LogP contribution >= 0.6 is 0 Å². The summed E-state index contributed by atoms with van der Waals surface area (Å²) in [6.45, 7) is 4.06. The SMILES string of the molecule is CCc1cc(OCc2nc(-c3cccc(F)c3)no2)nc(N2CCCC2)n1. The summed E-state index contributed by atoms with van der Waals surface area (Å²) in [6.07, 6.45) is 3.10. The number of anilines is 1. The Labute approximate surface area is 156 Å². The van der Waals surface area contributed by atoms with Gasteiger partial charge in [-0.3, -0.25) is 0 Å². The molecule has 1 saturated heterocycles. The lowest BCUT2D eigenvalue weighted by Crippen LogP contribution is -2.21. The Bertz CT molecular complexity index is 924. The number of hydrogen-bond acceptors (Lipinski definition) is 7. The average Bonchev–Trinajstić information content (AvgIpc) is 3.38. The first-order chi connectivity index (χ1) is 13.2. The third-order valence-corrected chi connectivity index (χ3v) is 4.39. The molecule has 140 valence electrons. The Morgan fingerprint density at radius 3 is 2.78 bits per heavy atom. The Morgan fingerprint density at radius 2 is 2.00 bits per heavy atom. The number of nitrogens with zero attached hydrogens (tertiary/aromatic N) is 5. The van der Waals surface area contributed by atoms with Crippen molar-refractivity contribution >= 4 is 5.95 Å². The van der Waals surface area contributed by atoms with Crippen molar-refractivity contribution in [3.63, 3.8) is 0 Å². The maximum absolute atomic E-state index is 13.3. The van der Waals surface area contributed by atoms with Crippen molar-refractivity contribution in [3.8, 4) is 17.3 Å². The molecule has 4 rings (SSSR count). The molecule has 8 heteroatoms. The van der Waals surface area contributed by atoms with E-state index in [0.29, 0.717) is 29.1 Å². The molecule has 27 heavy (non-hydrogen) atoms. The largest absolute Gasteiger partial charge is 0.467 e. The lowest BCUT2D eigenvalue weighted by atomic mass is 10.2. The Kier molecular flexibility index (Phi) is 4.95. The zero-order chi connectivity index (χ0) is 18.6. The maximum atomic E-state index is 13.3. The third kappa shape index (κ3) is 4.05. The van der Waals surface area contributed by atoms with E-state index in [9.17, 15) is 4.39 Å². The normalized spacial score (nSPS) is 13.9. The molecule has 3 heterocycles. The monoisotopic (exact) mass is 369 g/mol. The summed E-state index contributed by atoms with van der Waals surface area (Å²) in [6, 6.07) is 7.87. The van der Waals surface area contributed by atoms with Crippen LogP contribution in [0.2, 0.25) is 0 Å². The highest BCUT2D eigenvalue weighted by molar-refractivity contribution is 5.53. The van der Waals surface area contributed by atoms with E-state index in [0.717, 1.165) is 38.0 Å². The van der Waals surface area contributed by atoms with E-state index in [1.54, 1.807) is 12.1 Å². The predicted molar refractivity (Wildman–Crippen MR) is 96.9 cm³/mol. The van der Waals surface area contributed by atoms with E-state index >= 15 is 0 Å². The minimum atomic E-state index is -0.349. The quantitative estimate of drug-likeness (QED) is 0.659. The minimum Gasteiger partial charge on any atom is -0.467 e. The third-order valence-electron chi connectivity index (χ3n) is 4.39. The Morgan fingerprint density at radius 1 is 1.15 bits per heavy atom. The summed E-state index contributed by atoms with van der Waals surface area (Å²) in [5.74, 6) is 1.45. The van der Waals surface area contributed by atoms with Gasteiger partial charge in [-0.25, -0.2) is 9.37 Å². The van der Waals surface area contributed by atoms with E-state index in [4.69, 9.17) is 9.26 Å². The molecule has 0 atom stereocenters. The lowest BCUT2D eigenvalue weighted by molar-refractivity contribution is 0.235. The Balaban J connectivity index is 1.48. The van der Waals surface area contributed by atoms with Crippen LogP contribution in [0.3, 0.4) is 0 Å². The van der Waals surface area contributed by atoms with Gasteiger partial charge in [0.05, 0.1) is 0 Å². The van der Waals surface area contributed by atoms with Gasteiger partial charge in [-0.1, -0.05) is 24.2 Å². The summed E-state index contributed by atoms with van der Waals surface area (Å²) >= 11 is 0. The molecule has 1 aromatic carbocycles. The number of aromatic nitrogens is 4. The van der Waals surface area contributed by atoms with Gasteiger partial charge in [0.15, 0.2) is 6.61 Å². The topological polar surface area (TPSA) is 77.2 Å². The van der Waals surface area contributed by atoms with Crippen LogP contribution in [-0.2, 0) is 13.0 Å². The van der Waals surface area contributed by atoms with Gasteiger partial charge in [-0.05, 0) is 31.4 Å². The smallest absolute Gasteiger partial charge is 0.264 e. The molecule has 1 aliphatic heterocycles. The maximum Gasteiger partial charge on any atom is 0.264 e. The van der Waals surface area contributed by atoms with E-state index in [2.05, 4.69) is 25.0 Å². The summed E-state index contributed by atoms with van der Waals surface area (Å²) in [5, 5.41) is 3.88. The molecular formula is C19H20FN5O2. The molecule has 0 radical (unpaired) electrons. The average molecular weight is 369 g/mol. The molecule has 7 nitrogen and oxygen atoms in total. The fourth-order valence-electron chi connectivity index (χ4n) is 2.97. The van der Waals surface area contributed by atoms with Crippen LogP contribution in [0.4, 0.5) is 10.3 Å². The van der Waals surface area contributed by atoms with Crippen molar-refractivity contribution in [2.24, 2.45) is 0 Å². The first kappa shape index (κ1) is 17.4. The van der Waals surface area contributed by atoms with Crippen LogP contribution in [0, 0.1) is 5.82 Å². The molecule has 1 aliphatic rings. The number of halogens is 1. The first-order valence-electron chi connectivity index (χ1n) is 9.05. The summed E-state index contributed by atoms with van der Waals surface area (Å²) < 4.78 is 24.3. The van der Waals surface area contributed by atoms with E-state index < -0.39 is 0 Å². The van der Waals surface area contributed by atoms with E-state index in [-0.39, 0.29) is 12.4 Å². The molecule has 0 amide bonds. The number of aryl methyl sites for hydroxylation is 1. The van der Waals surface area contributed by atoms with Crippen LogP contribution in [0.1, 0.15) is 31.4 Å². The van der Waals surface area contributed by atoms with Gasteiger partial charge in [0.2, 0.25) is 17.7 Å². The van der Waals surface area contributed by atoms with Crippen LogP contribution in [0.25, 0.3) is 11.4 Å². The van der Waals surface area contributed by atoms with Crippen LogP contribution in [0.15, 0.2) is 34.9 Å². The molecule has 0 bridgehead atoms. The van der Waals surface area contributed by atoms with Crippen LogP contribution in [-0.4, -0.2) is 33.2 Å². The second-order valence-corrected chi connectivity index (χ2v) is 6.36. The van der Waals surface area contributed by atoms with Crippen molar-refractivity contribution in [2.45, 2.75) is 32.8 Å². The van der Waals surface area contributed by atoms with Crippen molar-refractivity contribution in [3.05, 3.63) is 47.7 Å². The Hall–Kier alpha value is -3.03. The van der Waals surface area contributed by atoms with Gasteiger partial charge in [0, 0.05) is 30.4 Å². The number of ether oxygens (including phenoxy) is 1. The van der Waals surface area contributed by atoms with Crippen LogP contribution in [0.5, 0.6) is 5.88 Å². The minimum absolute atomic E-state index is 0.0852. The second kappa shape index (κ2) is 7.69. The first-order valence-corrected chi connectivity index (χ1v) is 9.05. The fourth-order valence-corrected chi connectivity index (χ4v) is 2.97. The molecular weight excluding hydrogens is 349 g/mol. The van der Waals surface area contributed by atoms with Gasteiger partial charge >= 0.3 is 0 Å². The van der Waals surface area contributed by atoms with E-state index in [1.165, 1.54) is 12.1 Å². The highest BCUT2D eigenvalue weighted by Crippen LogP contribution is 2.21.